The zero-order valence-corrected chi connectivity index (χ0v) is 16.8. The Balaban J connectivity index is 2.24. The molecule has 1 amide bonds. The van der Waals surface area contributed by atoms with Gasteiger partial charge in [-0.1, -0.05) is 31.2 Å². The van der Waals surface area contributed by atoms with Crippen LogP contribution in [0.1, 0.15) is 29.2 Å². The summed E-state index contributed by atoms with van der Waals surface area (Å²) in [6.07, 6.45) is 0. The molecule has 0 spiro atoms. The number of nitrogens with one attached hydrogen (secondary N) is 1. The molecule has 0 saturated carbocycles. The van der Waals surface area contributed by atoms with Crippen LogP contribution in [0.15, 0.2) is 41.3 Å². The van der Waals surface area contributed by atoms with Crippen LogP contribution in [0.5, 0.6) is 0 Å². The minimum absolute atomic E-state index is 0.218. The molecule has 2 aromatic rings. The summed E-state index contributed by atoms with van der Waals surface area (Å²) < 4.78 is 27.2. The van der Waals surface area contributed by atoms with Crippen LogP contribution in [-0.2, 0) is 14.8 Å². The van der Waals surface area contributed by atoms with Gasteiger partial charge in [0, 0.05) is 12.2 Å². The summed E-state index contributed by atoms with van der Waals surface area (Å²) in [5.41, 5.74) is 4.28. The molecule has 5 nitrogen and oxygen atoms in total. The highest BCUT2D eigenvalue weighted by Crippen LogP contribution is 2.22. The van der Waals surface area contributed by atoms with Gasteiger partial charge < -0.3 is 5.32 Å². The molecule has 0 aromatic heterocycles. The van der Waals surface area contributed by atoms with Crippen LogP contribution < -0.4 is 5.32 Å². The molecule has 2 rings (SSSR count). The minimum atomic E-state index is -3.74. The Bertz CT molecular complexity index is 921. The van der Waals surface area contributed by atoms with Crippen molar-refractivity contribution in [1.29, 1.82) is 0 Å². The molecule has 0 fully saturated rings. The second kappa shape index (κ2) is 8.01. The first kappa shape index (κ1) is 20.1. The normalized spacial score (nSPS) is 11.6. The van der Waals surface area contributed by atoms with Crippen LogP contribution in [0.4, 0.5) is 5.69 Å². The molecular formula is C20H26N2O3S. The van der Waals surface area contributed by atoms with Crippen molar-refractivity contribution >= 4 is 21.6 Å². The third-order valence-electron chi connectivity index (χ3n) is 4.51. The summed E-state index contributed by atoms with van der Waals surface area (Å²) in [6.45, 7) is 9.23. The van der Waals surface area contributed by atoms with Crippen molar-refractivity contribution in [3.05, 3.63) is 58.7 Å². The zero-order chi connectivity index (χ0) is 19.5. The number of benzene rings is 2. The van der Waals surface area contributed by atoms with Crippen molar-refractivity contribution in [3.63, 3.8) is 0 Å². The quantitative estimate of drug-likeness (QED) is 0.840. The summed E-state index contributed by atoms with van der Waals surface area (Å²) in [7, 11) is -3.74. The zero-order valence-electron chi connectivity index (χ0n) is 16.0. The van der Waals surface area contributed by atoms with Gasteiger partial charge in [0.25, 0.3) is 0 Å². The Kier molecular flexibility index (Phi) is 6.21. The van der Waals surface area contributed by atoms with Crippen molar-refractivity contribution in [2.24, 2.45) is 0 Å². The number of likely N-dealkylation sites (N-methyl/N-ethyl adjacent to an activating group) is 1. The number of rotatable bonds is 6. The van der Waals surface area contributed by atoms with E-state index in [2.05, 4.69) is 5.32 Å². The molecule has 26 heavy (non-hydrogen) atoms. The first-order valence-electron chi connectivity index (χ1n) is 8.60. The van der Waals surface area contributed by atoms with Gasteiger partial charge in [-0.25, -0.2) is 8.42 Å². The van der Waals surface area contributed by atoms with E-state index in [4.69, 9.17) is 0 Å². The Morgan fingerprint density at radius 3 is 2.38 bits per heavy atom. The molecule has 1 N–H and O–H groups in total. The molecule has 0 aliphatic heterocycles. The lowest BCUT2D eigenvalue weighted by Crippen LogP contribution is -2.38. The molecule has 6 heteroatoms. The van der Waals surface area contributed by atoms with Crippen LogP contribution in [0.2, 0.25) is 0 Å². The number of nitrogens with zero attached hydrogens (tertiary/aromatic N) is 1. The van der Waals surface area contributed by atoms with E-state index in [-0.39, 0.29) is 23.9 Å². The highest BCUT2D eigenvalue weighted by atomic mass is 32.2. The van der Waals surface area contributed by atoms with E-state index in [0.29, 0.717) is 11.3 Å². The lowest BCUT2D eigenvalue weighted by atomic mass is 10.1. The SMILES string of the molecule is CCN(CC(=O)Nc1cccc(C)c1C)S(=O)(=O)c1cc(C)ccc1C. The maximum Gasteiger partial charge on any atom is 0.243 e. The molecule has 0 radical (unpaired) electrons. The molecule has 0 aliphatic carbocycles. The molecule has 0 heterocycles. The van der Waals surface area contributed by atoms with E-state index in [1.54, 1.807) is 26.0 Å². The van der Waals surface area contributed by atoms with E-state index in [0.717, 1.165) is 16.7 Å². The number of hydrogen-bond acceptors (Lipinski definition) is 3. The standard InChI is InChI=1S/C20H26N2O3S/c1-6-22(26(24,25)19-12-14(2)10-11-16(19)4)13-20(23)21-18-9-7-8-15(3)17(18)5/h7-12H,6,13H2,1-5H3,(H,21,23). The van der Waals surface area contributed by atoms with Gasteiger partial charge in [0.05, 0.1) is 11.4 Å². The fourth-order valence-corrected chi connectivity index (χ4v) is 4.44. The molecule has 0 saturated heterocycles. The van der Waals surface area contributed by atoms with E-state index >= 15 is 0 Å². The highest BCUT2D eigenvalue weighted by molar-refractivity contribution is 7.89. The Morgan fingerprint density at radius 2 is 1.73 bits per heavy atom. The first-order chi connectivity index (χ1) is 12.2. The predicted octanol–water partition coefficient (Wildman–Crippen LogP) is 3.57. The fraction of sp³-hybridized carbons (Fsp3) is 0.350. The average Bonchev–Trinajstić information content (AvgIpc) is 2.58. The van der Waals surface area contributed by atoms with Crippen LogP contribution in [0.25, 0.3) is 0 Å². The number of sulfonamides is 1. The Morgan fingerprint density at radius 1 is 1.04 bits per heavy atom. The molecule has 0 atom stereocenters. The Labute approximate surface area is 156 Å². The van der Waals surface area contributed by atoms with Crippen molar-refractivity contribution in [2.45, 2.75) is 39.5 Å². The number of aryl methyl sites for hydroxylation is 3. The maximum absolute atomic E-state index is 13.0. The summed E-state index contributed by atoms with van der Waals surface area (Å²) >= 11 is 0. The van der Waals surface area contributed by atoms with E-state index in [9.17, 15) is 13.2 Å². The van der Waals surface area contributed by atoms with Crippen LogP contribution in [0.3, 0.4) is 0 Å². The van der Waals surface area contributed by atoms with E-state index in [1.165, 1.54) is 4.31 Å². The van der Waals surface area contributed by atoms with Crippen molar-refractivity contribution in [2.75, 3.05) is 18.4 Å². The molecule has 0 bridgehead atoms. The highest BCUT2D eigenvalue weighted by Gasteiger charge is 2.27. The molecule has 0 aliphatic rings. The molecule has 0 unspecified atom stereocenters. The van der Waals surface area contributed by atoms with Gasteiger partial charge in [-0.3, -0.25) is 4.79 Å². The number of anilines is 1. The van der Waals surface area contributed by atoms with E-state index in [1.807, 2.05) is 45.0 Å². The second-order valence-electron chi connectivity index (χ2n) is 6.50. The first-order valence-corrected chi connectivity index (χ1v) is 10.0. The maximum atomic E-state index is 13.0. The fourth-order valence-electron chi connectivity index (χ4n) is 2.73. The second-order valence-corrected chi connectivity index (χ2v) is 8.40. The molecule has 2 aromatic carbocycles. The van der Waals surface area contributed by atoms with E-state index < -0.39 is 10.0 Å². The molecular weight excluding hydrogens is 348 g/mol. The topological polar surface area (TPSA) is 66.5 Å². The number of carbonyl (C=O) groups excluding carboxylic acids is 1. The summed E-state index contributed by atoms with van der Waals surface area (Å²) in [4.78, 5) is 12.7. The van der Waals surface area contributed by atoms with Gasteiger partial charge in [0.2, 0.25) is 15.9 Å². The van der Waals surface area contributed by atoms with Crippen LogP contribution >= 0.6 is 0 Å². The predicted molar refractivity (Wildman–Crippen MR) is 105 cm³/mol. The third-order valence-corrected chi connectivity index (χ3v) is 6.58. The van der Waals surface area contributed by atoms with Gasteiger partial charge >= 0.3 is 0 Å². The van der Waals surface area contributed by atoms with Gasteiger partial charge in [-0.2, -0.15) is 4.31 Å². The largest absolute Gasteiger partial charge is 0.325 e. The van der Waals surface area contributed by atoms with Crippen molar-refractivity contribution in [3.8, 4) is 0 Å². The summed E-state index contributed by atoms with van der Waals surface area (Å²) in [5, 5.41) is 2.82. The van der Waals surface area contributed by atoms with Crippen molar-refractivity contribution in [1.82, 2.24) is 4.31 Å². The smallest absolute Gasteiger partial charge is 0.243 e. The van der Waals surface area contributed by atoms with Crippen molar-refractivity contribution < 1.29 is 13.2 Å². The van der Waals surface area contributed by atoms with Gasteiger partial charge in [0.15, 0.2) is 0 Å². The minimum Gasteiger partial charge on any atom is -0.325 e. The number of amides is 1. The van der Waals surface area contributed by atoms with Gasteiger partial charge in [0.1, 0.15) is 0 Å². The summed E-state index contributed by atoms with van der Waals surface area (Å²) in [6, 6.07) is 11.0. The monoisotopic (exact) mass is 374 g/mol. The van der Waals surface area contributed by atoms with Gasteiger partial charge in [-0.05, 0) is 62.1 Å². The van der Waals surface area contributed by atoms with Crippen LogP contribution in [-0.4, -0.2) is 31.7 Å². The average molecular weight is 375 g/mol. The lowest BCUT2D eigenvalue weighted by Gasteiger charge is -2.22. The van der Waals surface area contributed by atoms with Crippen LogP contribution in [0, 0.1) is 27.7 Å². The number of carbonyl (C=O) groups is 1. The third kappa shape index (κ3) is 4.31. The van der Waals surface area contributed by atoms with Gasteiger partial charge in [-0.15, -0.1) is 0 Å². The summed E-state index contributed by atoms with van der Waals surface area (Å²) in [5.74, 6) is -0.352. The molecule has 140 valence electrons. The lowest BCUT2D eigenvalue weighted by molar-refractivity contribution is -0.116. The number of hydrogen-bond donors (Lipinski definition) is 1. The Hall–Kier alpha value is -2.18.